The number of halogens is 1. The third-order valence-corrected chi connectivity index (χ3v) is 8.17. The molecule has 1 aliphatic rings. The van der Waals surface area contributed by atoms with Crippen molar-refractivity contribution < 1.29 is 14.3 Å². The van der Waals surface area contributed by atoms with Gasteiger partial charge < -0.3 is 20.6 Å². The van der Waals surface area contributed by atoms with Gasteiger partial charge in [-0.2, -0.15) is 5.10 Å². The van der Waals surface area contributed by atoms with Crippen molar-refractivity contribution in [1.82, 2.24) is 29.5 Å². The molecule has 11 heteroatoms. The van der Waals surface area contributed by atoms with E-state index in [9.17, 15) is 14.3 Å². The summed E-state index contributed by atoms with van der Waals surface area (Å²) in [7, 11) is 2.09. The van der Waals surface area contributed by atoms with Crippen LogP contribution in [0, 0.1) is 24.6 Å². The highest BCUT2D eigenvalue weighted by Gasteiger charge is 2.17. The highest BCUT2D eigenvalue weighted by atomic mass is 19.1. The lowest BCUT2D eigenvalue weighted by Gasteiger charge is -2.32. The van der Waals surface area contributed by atoms with Gasteiger partial charge in [0.1, 0.15) is 5.82 Å². The predicted octanol–water partition coefficient (Wildman–Crippen LogP) is 4.99. The fourth-order valence-electron chi connectivity index (χ4n) is 5.15. The van der Waals surface area contributed by atoms with Crippen LogP contribution >= 0.6 is 0 Å². The van der Waals surface area contributed by atoms with Crippen molar-refractivity contribution in [3.63, 3.8) is 0 Å². The fraction of sp³-hybridized carbons (Fsp3) is 0.389. The number of piperazine rings is 1. The third kappa shape index (κ3) is 9.45. The van der Waals surface area contributed by atoms with E-state index in [0.29, 0.717) is 53.4 Å². The summed E-state index contributed by atoms with van der Waals surface area (Å²) in [6, 6.07) is 10.2. The number of anilines is 3. The van der Waals surface area contributed by atoms with Gasteiger partial charge in [-0.15, -0.1) is 0 Å². The molecule has 1 saturated heterocycles. The molecule has 47 heavy (non-hydrogen) atoms. The van der Waals surface area contributed by atoms with Gasteiger partial charge in [0.05, 0.1) is 22.5 Å². The van der Waals surface area contributed by atoms with E-state index in [1.807, 2.05) is 30.8 Å². The van der Waals surface area contributed by atoms with Crippen molar-refractivity contribution in [3.05, 3.63) is 94.3 Å². The van der Waals surface area contributed by atoms with Gasteiger partial charge in [0, 0.05) is 80.2 Å². The van der Waals surface area contributed by atoms with E-state index in [1.165, 1.54) is 6.07 Å². The molecule has 0 bridgehead atoms. The Labute approximate surface area is 276 Å². The Balaban J connectivity index is 1.21. The SMILES string of the molecule is CCc1nn(CCC(C)(C)O)cc1Nc1ncc(C#Cc2cc(C(=O)Nc3ccc(CN4CCN(C)CC4)c(F)c3)ccc2C)cn1. The molecule has 0 aliphatic carbocycles. The van der Waals surface area contributed by atoms with Gasteiger partial charge in [0.2, 0.25) is 5.95 Å². The fourth-order valence-corrected chi connectivity index (χ4v) is 5.15. The van der Waals surface area contributed by atoms with E-state index >= 15 is 0 Å². The van der Waals surface area contributed by atoms with Gasteiger partial charge in [0.15, 0.2) is 0 Å². The molecule has 2 aromatic carbocycles. The zero-order valence-electron chi connectivity index (χ0n) is 27.8. The number of benzene rings is 2. The molecule has 0 unspecified atom stereocenters. The summed E-state index contributed by atoms with van der Waals surface area (Å²) < 4.78 is 16.7. The minimum Gasteiger partial charge on any atom is -0.390 e. The van der Waals surface area contributed by atoms with E-state index < -0.39 is 5.60 Å². The second kappa shape index (κ2) is 14.9. The minimum absolute atomic E-state index is 0.330. The van der Waals surface area contributed by atoms with E-state index in [4.69, 9.17) is 0 Å². The number of aromatic nitrogens is 4. The molecule has 5 rings (SSSR count). The molecule has 1 amide bonds. The van der Waals surface area contributed by atoms with Crippen molar-refractivity contribution in [1.29, 1.82) is 0 Å². The van der Waals surface area contributed by atoms with Crippen LogP contribution in [0.1, 0.15) is 65.5 Å². The molecule has 3 N–H and O–H groups in total. The molecule has 2 aromatic heterocycles. The average molecular weight is 639 g/mol. The number of aliphatic hydroxyl groups is 1. The maximum atomic E-state index is 14.9. The lowest BCUT2D eigenvalue weighted by atomic mass is 10.0. The molecule has 10 nitrogen and oxygen atoms in total. The Morgan fingerprint density at radius 1 is 1.06 bits per heavy atom. The second-order valence-corrected chi connectivity index (χ2v) is 12.7. The molecule has 246 valence electrons. The number of carbonyl (C=O) groups excluding carboxylic acids is 1. The molecule has 3 heterocycles. The van der Waals surface area contributed by atoms with Crippen LogP contribution in [0.25, 0.3) is 0 Å². The van der Waals surface area contributed by atoms with Crippen molar-refractivity contribution in [2.45, 2.75) is 59.2 Å². The van der Waals surface area contributed by atoms with Gasteiger partial charge >= 0.3 is 0 Å². The average Bonchev–Trinajstić information content (AvgIpc) is 3.44. The summed E-state index contributed by atoms with van der Waals surface area (Å²) in [5.41, 5.74) is 4.61. The Bertz CT molecular complexity index is 1760. The lowest BCUT2D eigenvalue weighted by molar-refractivity contribution is 0.0650. The molecular weight excluding hydrogens is 595 g/mol. The van der Waals surface area contributed by atoms with Crippen LogP contribution in [-0.2, 0) is 19.5 Å². The quantitative estimate of drug-likeness (QED) is 0.209. The maximum absolute atomic E-state index is 14.9. The van der Waals surface area contributed by atoms with Gasteiger partial charge in [-0.3, -0.25) is 14.4 Å². The first kappa shape index (κ1) is 33.7. The van der Waals surface area contributed by atoms with Crippen LogP contribution in [-0.4, -0.2) is 79.4 Å². The monoisotopic (exact) mass is 638 g/mol. The summed E-state index contributed by atoms with van der Waals surface area (Å²) in [6.07, 6.45) is 6.49. The number of carbonyl (C=O) groups is 1. The van der Waals surface area contributed by atoms with Crippen molar-refractivity contribution in [3.8, 4) is 11.8 Å². The molecular formula is C36H43FN8O2. The molecule has 0 radical (unpaired) electrons. The number of nitrogens with zero attached hydrogens (tertiary/aromatic N) is 6. The first-order valence-electron chi connectivity index (χ1n) is 16.0. The van der Waals surface area contributed by atoms with E-state index in [0.717, 1.165) is 49.5 Å². The Morgan fingerprint density at radius 2 is 1.81 bits per heavy atom. The van der Waals surface area contributed by atoms with Crippen molar-refractivity contribution in [2.75, 3.05) is 43.9 Å². The summed E-state index contributed by atoms with van der Waals surface area (Å²) in [5.74, 6) is 5.97. The topological polar surface area (TPSA) is 111 Å². The smallest absolute Gasteiger partial charge is 0.255 e. The lowest BCUT2D eigenvalue weighted by Crippen LogP contribution is -2.44. The zero-order chi connectivity index (χ0) is 33.6. The normalized spacial score (nSPS) is 14.0. The third-order valence-electron chi connectivity index (χ3n) is 8.17. The standard InChI is InChI=1S/C36H43FN8O2/c1-6-32-33(24-45(42-32)14-13-36(3,4)47)41-35-38-21-26(22-39-35)8-10-27-19-28(9-7-25(27)2)34(46)40-30-12-11-29(31(37)20-30)23-44-17-15-43(5)16-18-44/h7,9,11-12,19-22,24,47H,6,13-18,23H2,1-5H3,(H,40,46)(H,38,39,41). The molecule has 0 atom stereocenters. The molecule has 4 aromatic rings. The molecule has 0 saturated carbocycles. The van der Waals surface area contributed by atoms with E-state index in [1.54, 1.807) is 50.5 Å². The van der Waals surface area contributed by atoms with Crippen LogP contribution in [0.3, 0.4) is 0 Å². The summed E-state index contributed by atoms with van der Waals surface area (Å²) in [5, 5.41) is 20.7. The first-order chi connectivity index (χ1) is 22.5. The Hall–Kier alpha value is -4.63. The van der Waals surface area contributed by atoms with Gasteiger partial charge in [-0.1, -0.05) is 30.9 Å². The highest BCUT2D eigenvalue weighted by Crippen LogP contribution is 2.21. The Kier molecular flexibility index (Phi) is 10.7. The Morgan fingerprint density at radius 3 is 2.49 bits per heavy atom. The minimum atomic E-state index is -0.767. The van der Waals surface area contributed by atoms with Crippen LogP contribution in [0.2, 0.25) is 0 Å². The number of aryl methyl sites for hydroxylation is 3. The second-order valence-electron chi connectivity index (χ2n) is 12.7. The van der Waals surface area contributed by atoms with Crippen molar-refractivity contribution >= 4 is 23.2 Å². The van der Waals surface area contributed by atoms with Crippen LogP contribution < -0.4 is 10.6 Å². The van der Waals surface area contributed by atoms with Crippen molar-refractivity contribution in [2.24, 2.45) is 0 Å². The van der Waals surface area contributed by atoms with E-state index in [2.05, 4.69) is 54.4 Å². The molecule has 1 aliphatic heterocycles. The van der Waals surface area contributed by atoms with Gasteiger partial charge in [0.25, 0.3) is 5.91 Å². The summed E-state index contributed by atoms with van der Waals surface area (Å²) in [6.45, 7) is 12.4. The number of likely N-dealkylation sites (N-methyl/N-ethyl adjacent to an activating group) is 1. The van der Waals surface area contributed by atoms with E-state index in [-0.39, 0.29) is 11.7 Å². The van der Waals surface area contributed by atoms with Gasteiger partial charge in [-0.25, -0.2) is 14.4 Å². The summed E-state index contributed by atoms with van der Waals surface area (Å²) in [4.78, 5) is 26.4. The summed E-state index contributed by atoms with van der Waals surface area (Å²) >= 11 is 0. The number of hydrogen-bond acceptors (Lipinski definition) is 8. The van der Waals surface area contributed by atoms with Crippen LogP contribution in [0.4, 0.5) is 21.7 Å². The number of nitrogens with one attached hydrogen (secondary N) is 2. The van der Waals surface area contributed by atoms with Crippen LogP contribution in [0.5, 0.6) is 0 Å². The largest absolute Gasteiger partial charge is 0.390 e. The van der Waals surface area contributed by atoms with Gasteiger partial charge in [-0.05, 0) is 70.5 Å². The highest BCUT2D eigenvalue weighted by molar-refractivity contribution is 6.04. The number of amides is 1. The molecule has 0 spiro atoms. The first-order valence-corrected chi connectivity index (χ1v) is 16.0. The van der Waals surface area contributed by atoms with Crippen LogP contribution in [0.15, 0.2) is 55.0 Å². The number of hydrogen-bond donors (Lipinski definition) is 3. The number of rotatable bonds is 10. The maximum Gasteiger partial charge on any atom is 0.255 e. The zero-order valence-corrected chi connectivity index (χ0v) is 27.8. The molecule has 1 fully saturated rings. The predicted molar refractivity (Wildman–Crippen MR) is 182 cm³/mol.